The number of fused-ring (bicyclic) bond motifs is 2. The molecule has 1 N–H and O–H groups in total. The molecule has 0 aliphatic carbocycles. The highest BCUT2D eigenvalue weighted by Crippen LogP contribution is 2.42. The largest absolute Gasteiger partial charge is 0.492 e. The van der Waals surface area contributed by atoms with E-state index in [9.17, 15) is 4.79 Å². The normalized spacial score (nSPS) is 25.2. The van der Waals surface area contributed by atoms with Gasteiger partial charge in [0.15, 0.2) is 0 Å². The molecular formula is C23H29Cl2N3O2. The molecule has 3 aliphatic heterocycles. The Kier molecular flexibility index (Phi) is 7.64. The van der Waals surface area contributed by atoms with Crippen LogP contribution in [-0.2, 0) is 11.3 Å². The maximum atomic E-state index is 13.4. The number of nitrogens with zero attached hydrogens (tertiary/aromatic N) is 2. The van der Waals surface area contributed by atoms with Crippen molar-refractivity contribution in [3.05, 3.63) is 65.7 Å². The molecule has 0 bridgehead atoms. The number of benzene rings is 2. The summed E-state index contributed by atoms with van der Waals surface area (Å²) in [6.07, 6.45) is 0. The second-order valence-electron chi connectivity index (χ2n) is 8.15. The summed E-state index contributed by atoms with van der Waals surface area (Å²) in [7, 11) is 0. The zero-order chi connectivity index (χ0) is 18.9. The van der Waals surface area contributed by atoms with Crippen LogP contribution in [0.1, 0.15) is 17.2 Å². The van der Waals surface area contributed by atoms with E-state index in [-0.39, 0.29) is 36.8 Å². The van der Waals surface area contributed by atoms with Gasteiger partial charge in [-0.25, -0.2) is 0 Å². The minimum absolute atomic E-state index is 0. The molecule has 162 valence electrons. The second kappa shape index (κ2) is 10.0. The maximum absolute atomic E-state index is 13.4. The van der Waals surface area contributed by atoms with Crippen molar-refractivity contribution in [3.63, 3.8) is 0 Å². The fourth-order valence-electron chi connectivity index (χ4n) is 5.05. The van der Waals surface area contributed by atoms with Crippen LogP contribution in [-0.4, -0.2) is 55.0 Å². The van der Waals surface area contributed by atoms with Gasteiger partial charge in [-0.2, -0.15) is 0 Å². The molecular weight excluding hydrogens is 421 g/mol. The van der Waals surface area contributed by atoms with Crippen molar-refractivity contribution < 1.29 is 9.53 Å². The van der Waals surface area contributed by atoms with Gasteiger partial charge in [-0.15, -0.1) is 24.8 Å². The van der Waals surface area contributed by atoms with Crippen LogP contribution in [0.4, 0.5) is 0 Å². The van der Waals surface area contributed by atoms with E-state index >= 15 is 0 Å². The van der Waals surface area contributed by atoms with Crippen LogP contribution in [0.25, 0.3) is 0 Å². The number of nitrogens with one attached hydrogen (secondary N) is 1. The topological polar surface area (TPSA) is 44.8 Å². The van der Waals surface area contributed by atoms with Gasteiger partial charge in [0.05, 0.1) is 12.6 Å². The Morgan fingerprint density at radius 2 is 1.80 bits per heavy atom. The number of rotatable bonds is 3. The number of likely N-dealkylation sites (tertiary alicyclic amines) is 1. The van der Waals surface area contributed by atoms with E-state index < -0.39 is 0 Å². The summed E-state index contributed by atoms with van der Waals surface area (Å²) < 4.78 is 5.86. The predicted molar refractivity (Wildman–Crippen MR) is 122 cm³/mol. The van der Waals surface area contributed by atoms with Gasteiger partial charge < -0.3 is 15.0 Å². The Balaban J connectivity index is 0.00000128. The monoisotopic (exact) mass is 449 g/mol. The Bertz CT molecular complexity index is 851. The van der Waals surface area contributed by atoms with Crippen molar-refractivity contribution >= 4 is 30.7 Å². The van der Waals surface area contributed by atoms with Gasteiger partial charge in [0, 0.05) is 44.2 Å². The summed E-state index contributed by atoms with van der Waals surface area (Å²) in [6, 6.07) is 18.9. The average molecular weight is 450 g/mol. The molecule has 3 aliphatic rings. The second-order valence-corrected chi connectivity index (χ2v) is 8.15. The molecule has 2 fully saturated rings. The minimum Gasteiger partial charge on any atom is -0.492 e. The number of hydrogen-bond acceptors (Lipinski definition) is 4. The van der Waals surface area contributed by atoms with Gasteiger partial charge in [-0.05, 0) is 17.5 Å². The van der Waals surface area contributed by atoms with Crippen molar-refractivity contribution in [2.75, 3.05) is 39.3 Å². The molecule has 0 spiro atoms. The summed E-state index contributed by atoms with van der Waals surface area (Å²) in [4.78, 5) is 17.7. The van der Waals surface area contributed by atoms with E-state index in [0.717, 1.165) is 44.0 Å². The highest BCUT2D eigenvalue weighted by molar-refractivity contribution is 5.85. The van der Waals surface area contributed by atoms with Crippen molar-refractivity contribution in [3.8, 4) is 5.75 Å². The smallest absolute Gasteiger partial charge is 0.237 e. The Morgan fingerprint density at radius 3 is 2.63 bits per heavy atom. The third-order valence-electron chi connectivity index (χ3n) is 6.42. The standard InChI is InChI=1S/C23H27N3O2.2ClH/c27-22(16-25-10-11-28-21-9-5-4-8-18(21)14-25)26-15-19-12-24-13-20(19)23(26)17-6-2-1-3-7-17;;/h1-9,19-20,23-24H,10-16H2;2*1H/t19-,20-,23+;;/m0../s1. The average Bonchev–Trinajstić information content (AvgIpc) is 3.24. The number of ether oxygens (including phenoxy) is 1. The predicted octanol–water partition coefficient (Wildman–Crippen LogP) is 3.14. The van der Waals surface area contributed by atoms with E-state index in [1.807, 2.05) is 24.3 Å². The lowest BCUT2D eigenvalue weighted by atomic mass is 9.89. The van der Waals surface area contributed by atoms with E-state index in [1.165, 1.54) is 5.56 Å². The summed E-state index contributed by atoms with van der Waals surface area (Å²) in [5, 5.41) is 3.52. The number of amides is 1. The van der Waals surface area contributed by atoms with Crippen LogP contribution in [0.15, 0.2) is 54.6 Å². The molecule has 2 aromatic carbocycles. The molecule has 3 atom stereocenters. The molecule has 0 saturated carbocycles. The molecule has 5 rings (SSSR count). The lowest BCUT2D eigenvalue weighted by Gasteiger charge is -2.30. The van der Waals surface area contributed by atoms with Gasteiger partial charge in [0.2, 0.25) is 5.91 Å². The van der Waals surface area contributed by atoms with Crippen molar-refractivity contribution in [2.45, 2.75) is 12.6 Å². The Morgan fingerprint density at radius 1 is 1.03 bits per heavy atom. The third kappa shape index (κ3) is 4.45. The highest BCUT2D eigenvalue weighted by Gasteiger charge is 2.46. The van der Waals surface area contributed by atoms with Crippen LogP contribution >= 0.6 is 24.8 Å². The Labute approximate surface area is 190 Å². The van der Waals surface area contributed by atoms with E-state index in [1.54, 1.807) is 0 Å². The minimum atomic E-state index is 0. The van der Waals surface area contributed by atoms with Gasteiger partial charge >= 0.3 is 0 Å². The van der Waals surface area contributed by atoms with Crippen molar-refractivity contribution in [2.24, 2.45) is 11.8 Å². The van der Waals surface area contributed by atoms with Gasteiger partial charge in [0.1, 0.15) is 12.4 Å². The zero-order valence-electron chi connectivity index (χ0n) is 16.9. The van der Waals surface area contributed by atoms with Gasteiger partial charge in [-0.3, -0.25) is 9.69 Å². The quantitative estimate of drug-likeness (QED) is 0.781. The first-order chi connectivity index (χ1) is 13.8. The summed E-state index contributed by atoms with van der Waals surface area (Å²) in [5.41, 5.74) is 2.42. The molecule has 5 nitrogen and oxygen atoms in total. The van der Waals surface area contributed by atoms with E-state index in [0.29, 0.717) is 25.0 Å². The lowest BCUT2D eigenvalue weighted by molar-refractivity contribution is -0.134. The van der Waals surface area contributed by atoms with E-state index in [4.69, 9.17) is 4.74 Å². The summed E-state index contributed by atoms with van der Waals surface area (Å²) in [5.74, 6) is 2.26. The molecule has 3 heterocycles. The summed E-state index contributed by atoms with van der Waals surface area (Å²) in [6.45, 7) is 5.49. The highest BCUT2D eigenvalue weighted by atomic mass is 35.5. The number of carbonyl (C=O) groups is 1. The lowest BCUT2D eigenvalue weighted by Crippen LogP contribution is -2.42. The summed E-state index contributed by atoms with van der Waals surface area (Å²) >= 11 is 0. The number of carbonyl (C=O) groups excluding carboxylic acids is 1. The van der Waals surface area contributed by atoms with Crippen LogP contribution in [0, 0.1) is 11.8 Å². The van der Waals surface area contributed by atoms with Crippen molar-refractivity contribution in [1.82, 2.24) is 15.1 Å². The number of halogens is 2. The third-order valence-corrected chi connectivity index (χ3v) is 6.42. The van der Waals surface area contributed by atoms with Crippen LogP contribution in [0.3, 0.4) is 0 Å². The molecule has 30 heavy (non-hydrogen) atoms. The maximum Gasteiger partial charge on any atom is 0.237 e. The van der Waals surface area contributed by atoms with Gasteiger partial charge in [-0.1, -0.05) is 48.5 Å². The molecule has 2 saturated heterocycles. The van der Waals surface area contributed by atoms with Crippen LogP contribution in [0.5, 0.6) is 5.75 Å². The van der Waals surface area contributed by atoms with Crippen LogP contribution < -0.4 is 10.1 Å². The van der Waals surface area contributed by atoms with E-state index in [2.05, 4.69) is 45.4 Å². The first-order valence-corrected chi connectivity index (χ1v) is 10.3. The Hall–Kier alpha value is -1.79. The molecule has 0 aromatic heterocycles. The number of para-hydroxylation sites is 1. The van der Waals surface area contributed by atoms with Gasteiger partial charge in [0.25, 0.3) is 0 Å². The first kappa shape index (κ1) is 22.9. The van der Waals surface area contributed by atoms with Crippen molar-refractivity contribution in [1.29, 1.82) is 0 Å². The molecule has 2 aromatic rings. The molecule has 7 heteroatoms. The SMILES string of the molecule is Cl.Cl.O=C(CN1CCOc2ccccc2C1)N1C[C@@H]2CNC[C@@H]2[C@H]1c1ccccc1. The van der Waals surface area contributed by atoms with Crippen LogP contribution in [0.2, 0.25) is 0 Å². The molecule has 1 amide bonds. The number of hydrogen-bond donors (Lipinski definition) is 1. The zero-order valence-corrected chi connectivity index (χ0v) is 18.5. The molecule has 0 radical (unpaired) electrons. The fourth-order valence-corrected chi connectivity index (χ4v) is 5.05. The first-order valence-electron chi connectivity index (χ1n) is 10.3. The fraction of sp³-hybridized carbons (Fsp3) is 0.435. The molecule has 0 unspecified atom stereocenters.